The maximum atomic E-state index is 12.3. The lowest BCUT2D eigenvalue weighted by Gasteiger charge is -2.16. The van der Waals surface area contributed by atoms with Gasteiger partial charge in [0.1, 0.15) is 5.41 Å². The van der Waals surface area contributed by atoms with Crippen molar-refractivity contribution in [2.45, 2.75) is 32.6 Å². The number of carbonyl (C=O) groups excluding carboxylic acids is 2. The van der Waals surface area contributed by atoms with Crippen molar-refractivity contribution in [1.82, 2.24) is 0 Å². The maximum Gasteiger partial charge on any atom is 0.317 e. The van der Waals surface area contributed by atoms with E-state index in [0.29, 0.717) is 19.6 Å². The Balaban J connectivity index is 2.30. The van der Waals surface area contributed by atoms with Crippen LogP contribution in [0.25, 0.3) is 0 Å². The highest BCUT2D eigenvalue weighted by atomic mass is 16.5. The van der Waals surface area contributed by atoms with E-state index < -0.39 is 11.3 Å². The lowest BCUT2D eigenvalue weighted by atomic mass is 9.92. The average Bonchev–Trinajstić information content (AvgIpc) is 3.17. The Morgan fingerprint density at radius 3 is 2.30 bits per heavy atom. The lowest BCUT2D eigenvalue weighted by molar-refractivity contribution is -0.152. The molecule has 0 aliphatic heterocycles. The highest BCUT2D eigenvalue weighted by Gasteiger charge is 2.66. The summed E-state index contributed by atoms with van der Waals surface area (Å²) in [4.78, 5) is 24.2. The van der Waals surface area contributed by atoms with Crippen LogP contribution >= 0.6 is 0 Å². The normalized spacial score (nSPS) is 24.1. The fourth-order valence-electron chi connectivity index (χ4n) is 2.56. The second kappa shape index (κ2) is 5.65. The molecule has 4 nitrogen and oxygen atoms in total. The molecule has 1 fully saturated rings. The smallest absolute Gasteiger partial charge is 0.317 e. The Labute approximate surface area is 119 Å². The molecular weight excluding hydrogens is 256 g/mol. The summed E-state index contributed by atoms with van der Waals surface area (Å²) in [6, 6.07) is 7.67. The van der Waals surface area contributed by atoms with Gasteiger partial charge in [-0.3, -0.25) is 9.59 Å². The molecule has 2 atom stereocenters. The predicted molar refractivity (Wildman–Crippen MR) is 74.2 cm³/mol. The van der Waals surface area contributed by atoms with Crippen LogP contribution < -0.4 is 0 Å². The monoisotopic (exact) mass is 276 g/mol. The second-order valence-corrected chi connectivity index (χ2v) is 5.07. The van der Waals surface area contributed by atoms with Gasteiger partial charge in [0.15, 0.2) is 0 Å². The topological polar surface area (TPSA) is 52.6 Å². The molecule has 108 valence electrons. The summed E-state index contributed by atoms with van der Waals surface area (Å²) in [6.45, 7) is 6.14. The Bertz CT molecular complexity index is 506. The minimum absolute atomic E-state index is 0.308. The van der Waals surface area contributed by atoms with Gasteiger partial charge in [-0.1, -0.05) is 29.8 Å². The van der Waals surface area contributed by atoms with Gasteiger partial charge in [-0.05, 0) is 32.8 Å². The molecule has 0 unspecified atom stereocenters. The van der Waals surface area contributed by atoms with Gasteiger partial charge in [-0.2, -0.15) is 0 Å². The number of carbonyl (C=O) groups is 2. The summed E-state index contributed by atoms with van der Waals surface area (Å²) >= 11 is 0. The molecular formula is C16H20O4. The molecule has 0 spiro atoms. The summed E-state index contributed by atoms with van der Waals surface area (Å²) in [5.74, 6) is -1.08. The first kappa shape index (κ1) is 14.6. The minimum Gasteiger partial charge on any atom is -0.466 e. The van der Waals surface area contributed by atoms with Gasteiger partial charge >= 0.3 is 11.9 Å². The van der Waals surface area contributed by atoms with Gasteiger partial charge in [-0.25, -0.2) is 0 Å². The number of aryl methyl sites for hydroxylation is 1. The molecule has 1 aliphatic rings. The summed E-state index contributed by atoms with van der Waals surface area (Å²) in [7, 11) is 0. The zero-order valence-corrected chi connectivity index (χ0v) is 12.1. The van der Waals surface area contributed by atoms with Gasteiger partial charge in [-0.15, -0.1) is 0 Å². The van der Waals surface area contributed by atoms with E-state index in [-0.39, 0.29) is 11.9 Å². The Morgan fingerprint density at radius 2 is 1.75 bits per heavy atom. The molecule has 1 aromatic carbocycles. The SMILES string of the molecule is CCOC(=O)[C@@H]1C[C@]1(C(=O)OCC)c1ccc(C)cc1. The molecule has 1 aromatic rings. The van der Waals surface area contributed by atoms with Crippen LogP contribution in [0.1, 0.15) is 31.4 Å². The van der Waals surface area contributed by atoms with Gasteiger partial charge in [0.2, 0.25) is 0 Å². The van der Waals surface area contributed by atoms with Crippen LogP contribution in [0.15, 0.2) is 24.3 Å². The first-order valence-electron chi connectivity index (χ1n) is 6.97. The van der Waals surface area contributed by atoms with Crippen LogP contribution in [0.2, 0.25) is 0 Å². The highest BCUT2D eigenvalue weighted by molar-refractivity contribution is 5.96. The van der Waals surface area contributed by atoms with Crippen molar-refractivity contribution in [2.24, 2.45) is 5.92 Å². The number of benzene rings is 1. The van der Waals surface area contributed by atoms with E-state index in [1.54, 1.807) is 13.8 Å². The molecule has 4 heteroatoms. The summed E-state index contributed by atoms with van der Waals surface area (Å²) < 4.78 is 10.2. The molecule has 20 heavy (non-hydrogen) atoms. The van der Waals surface area contributed by atoms with Crippen molar-refractivity contribution in [1.29, 1.82) is 0 Å². The zero-order valence-electron chi connectivity index (χ0n) is 12.1. The Kier molecular flexibility index (Phi) is 4.12. The van der Waals surface area contributed by atoms with Crippen LogP contribution in [0.4, 0.5) is 0 Å². The predicted octanol–water partition coefficient (Wildman–Crippen LogP) is 2.38. The Morgan fingerprint density at radius 1 is 1.15 bits per heavy atom. The Hall–Kier alpha value is -1.84. The maximum absolute atomic E-state index is 12.3. The fraction of sp³-hybridized carbons (Fsp3) is 0.500. The largest absolute Gasteiger partial charge is 0.466 e. The van der Waals surface area contributed by atoms with Gasteiger partial charge < -0.3 is 9.47 Å². The van der Waals surface area contributed by atoms with Crippen LogP contribution in [0, 0.1) is 12.8 Å². The van der Waals surface area contributed by atoms with E-state index in [4.69, 9.17) is 9.47 Å². The van der Waals surface area contributed by atoms with Gasteiger partial charge in [0, 0.05) is 0 Å². The van der Waals surface area contributed by atoms with Crippen LogP contribution in [0.5, 0.6) is 0 Å². The summed E-state index contributed by atoms with van der Waals surface area (Å²) in [5.41, 5.74) is 1.09. The quantitative estimate of drug-likeness (QED) is 0.775. The van der Waals surface area contributed by atoms with E-state index in [0.717, 1.165) is 11.1 Å². The minimum atomic E-state index is -0.851. The highest BCUT2D eigenvalue weighted by Crippen LogP contribution is 2.55. The number of rotatable bonds is 5. The first-order valence-corrected chi connectivity index (χ1v) is 6.97. The van der Waals surface area contributed by atoms with E-state index >= 15 is 0 Å². The molecule has 0 N–H and O–H groups in total. The van der Waals surface area contributed by atoms with Crippen molar-refractivity contribution in [3.63, 3.8) is 0 Å². The van der Waals surface area contributed by atoms with E-state index in [1.165, 1.54) is 0 Å². The molecule has 0 saturated heterocycles. The van der Waals surface area contributed by atoms with Crippen molar-refractivity contribution in [3.05, 3.63) is 35.4 Å². The van der Waals surface area contributed by atoms with Crippen molar-refractivity contribution >= 4 is 11.9 Å². The first-order chi connectivity index (χ1) is 9.56. The van der Waals surface area contributed by atoms with Crippen molar-refractivity contribution < 1.29 is 19.1 Å². The number of ether oxygens (including phenoxy) is 2. The number of hydrogen-bond donors (Lipinski definition) is 0. The molecule has 2 rings (SSSR count). The van der Waals surface area contributed by atoms with E-state index in [1.807, 2.05) is 31.2 Å². The molecule has 0 aromatic heterocycles. The molecule has 0 amide bonds. The summed E-state index contributed by atoms with van der Waals surface area (Å²) in [5, 5.41) is 0. The van der Waals surface area contributed by atoms with Gasteiger partial charge in [0.25, 0.3) is 0 Å². The van der Waals surface area contributed by atoms with Crippen molar-refractivity contribution in [3.8, 4) is 0 Å². The third kappa shape index (κ3) is 2.42. The molecule has 1 saturated carbocycles. The second-order valence-electron chi connectivity index (χ2n) is 5.07. The lowest BCUT2D eigenvalue weighted by Crippen LogP contribution is -2.28. The van der Waals surface area contributed by atoms with Crippen molar-refractivity contribution in [2.75, 3.05) is 13.2 Å². The molecule has 1 aliphatic carbocycles. The average molecular weight is 276 g/mol. The third-order valence-corrected chi connectivity index (χ3v) is 3.74. The van der Waals surface area contributed by atoms with Crippen LogP contribution in [-0.4, -0.2) is 25.2 Å². The zero-order chi connectivity index (χ0) is 14.8. The van der Waals surface area contributed by atoms with Gasteiger partial charge in [0.05, 0.1) is 19.1 Å². The number of hydrogen-bond acceptors (Lipinski definition) is 4. The molecule has 0 radical (unpaired) electrons. The molecule has 0 bridgehead atoms. The van der Waals surface area contributed by atoms with Crippen LogP contribution in [-0.2, 0) is 24.5 Å². The number of esters is 2. The standard InChI is InChI=1S/C16H20O4/c1-4-19-14(17)13-10-16(13,15(18)20-5-2)12-8-6-11(3)7-9-12/h6-9,13H,4-5,10H2,1-3H3/t13-,16-/m0/s1. The van der Waals surface area contributed by atoms with E-state index in [2.05, 4.69) is 0 Å². The molecule has 0 heterocycles. The fourth-order valence-corrected chi connectivity index (χ4v) is 2.56. The third-order valence-electron chi connectivity index (χ3n) is 3.74. The van der Waals surface area contributed by atoms with Crippen LogP contribution in [0.3, 0.4) is 0 Å². The summed E-state index contributed by atoms with van der Waals surface area (Å²) in [6.07, 6.45) is 0.466. The van der Waals surface area contributed by atoms with E-state index in [9.17, 15) is 9.59 Å².